The summed E-state index contributed by atoms with van der Waals surface area (Å²) >= 11 is 3.58. The van der Waals surface area contributed by atoms with E-state index in [1.165, 1.54) is 11.1 Å². The summed E-state index contributed by atoms with van der Waals surface area (Å²) in [7, 11) is 2.18. The summed E-state index contributed by atoms with van der Waals surface area (Å²) in [5.74, 6) is 0. The predicted molar refractivity (Wildman–Crippen MR) is 84.5 cm³/mol. The van der Waals surface area contributed by atoms with Gasteiger partial charge in [-0.2, -0.15) is 0 Å². The molecular weight excluding hydrogens is 286 g/mol. The molecular formula is C16H26BrN. The molecule has 0 aliphatic heterocycles. The average Bonchev–Trinajstić information content (AvgIpc) is 2.28. The fourth-order valence-corrected chi connectivity index (χ4v) is 2.13. The molecule has 0 aliphatic rings. The van der Waals surface area contributed by atoms with E-state index in [4.69, 9.17) is 0 Å². The molecule has 1 aromatic carbocycles. The monoisotopic (exact) mass is 311 g/mol. The van der Waals surface area contributed by atoms with Gasteiger partial charge in [-0.15, -0.1) is 0 Å². The molecule has 0 atom stereocenters. The third-order valence-electron chi connectivity index (χ3n) is 3.60. The van der Waals surface area contributed by atoms with E-state index in [-0.39, 0.29) is 11.0 Å². The molecule has 0 saturated carbocycles. The summed E-state index contributed by atoms with van der Waals surface area (Å²) in [6.45, 7) is 12.3. The number of alkyl halides is 1. The lowest BCUT2D eigenvalue weighted by Crippen LogP contribution is -2.41. The fraction of sp³-hybridized carbons (Fsp3) is 0.625. The van der Waals surface area contributed by atoms with E-state index in [1.807, 2.05) is 0 Å². The van der Waals surface area contributed by atoms with Crippen molar-refractivity contribution in [3.05, 3.63) is 35.4 Å². The van der Waals surface area contributed by atoms with Gasteiger partial charge in [0.15, 0.2) is 0 Å². The number of hydrogen-bond donors (Lipinski definition) is 0. The lowest BCUT2D eigenvalue weighted by molar-refractivity contribution is 0.173. The van der Waals surface area contributed by atoms with Crippen LogP contribution in [0.2, 0.25) is 0 Å². The third-order valence-corrected chi connectivity index (χ3v) is 4.97. The Bertz CT molecular complexity index is 373. The molecule has 0 fully saturated rings. The van der Waals surface area contributed by atoms with Crippen molar-refractivity contribution in [3.8, 4) is 0 Å². The molecule has 102 valence electrons. The van der Waals surface area contributed by atoms with Crippen LogP contribution in [0.5, 0.6) is 0 Å². The second kappa shape index (κ2) is 5.75. The molecule has 0 bridgehead atoms. The van der Waals surface area contributed by atoms with Gasteiger partial charge >= 0.3 is 0 Å². The van der Waals surface area contributed by atoms with E-state index < -0.39 is 0 Å². The summed E-state index contributed by atoms with van der Waals surface area (Å²) in [6.07, 6.45) is 0. The van der Waals surface area contributed by atoms with Crippen molar-refractivity contribution in [2.45, 2.75) is 52.1 Å². The zero-order chi connectivity index (χ0) is 14.0. The number of benzene rings is 1. The molecule has 1 aromatic rings. The lowest BCUT2D eigenvalue weighted by Gasteiger charge is -2.34. The fourth-order valence-electron chi connectivity index (χ4n) is 1.70. The Morgan fingerprint density at radius 3 is 1.89 bits per heavy atom. The van der Waals surface area contributed by atoms with E-state index in [0.29, 0.717) is 0 Å². The smallest absolute Gasteiger partial charge is 0.0250 e. The highest BCUT2D eigenvalue weighted by molar-refractivity contribution is 9.09. The highest BCUT2D eigenvalue weighted by Gasteiger charge is 2.22. The minimum absolute atomic E-state index is 0.183. The van der Waals surface area contributed by atoms with Crippen LogP contribution in [0.25, 0.3) is 0 Å². The molecule has 0 saturated heterocycles. The second-order valence-corrected chi connectivity index (χ2v) is 7.31. The predicted octanol–water partition coefficient (Wildman–Crippen LogP) is 4.59. The van der Waals surface area contributed by atoms with E-state index in [1.54, 1.807) is 0 Å². The van der Waals surface area contributed by atoms with Gasteiger partial charge in [0.05, 0.1) is 0 Å². The number of rotatable bonds is 4. The molecule has 0 heterocycles. The highest BCUT2D eigenvalue weighted by atomic mass is 79.9. The topological polar surface area (TPSA) is 3.24 Å². The molecule has 18 heavy (non-hydrogen) atoms. The van der Waals surface area contributed by atoms with E-state index >= 15 is 0 Å². The van der Waals surface area contributed by atoms with Gasteiger partial charge in [-0.05, 0) is 37.4 Å². The minimum atomic E-state index is 0.183. The number of halogens is 1. The largest absolute Gasteiger partial charge is 0.296 e. The van der Waals surface area contributed by atoms with E-state index in [9.17, 15) is 0 Å². The van der Waals surface area contributed by atoms with Crippen molar-refractivity contribution in [1.82, 2.24) is 4.90 Å². The third kappa shape index (κ3) is 4.10. The van der Waals surface area contributed by atoms with E-state index in [0.717, 1.165) is 11.9 Å². The Hall–Kier alpha value is -0.340. The van der Waals surface area contributed by atoms with Crippen molar-refractivity contribution in [2.24, 2.45) is 0 Å². The van der Waals surface area contributed by atoms with Crippen LogP contribution < -0.4 is 0 Å². The van der Waals surface area contributed by atoms with Gasteiger partial charge in [0.25, 0.3) is 0 Å². The minimum Gasteiger partial charge on any atom is -0.296 e. The second-order valence-electron chi connectivity index (χ2n) is 6.75. The first-order valence-corrected chi connectivity index (χ1v) is 7.65. The standard InChI is InChI=1S/C16H26BrN/c1-15(2,3)14-9-7-13(8-10-14)11-18(6)16(4,5)12-17/h7-10H,11-12H2,1-6H3. The highest BCUT2D eigenvalue weighted by Crippen LogP contribution is 2.23. The molecule has 0 N–H and O–H groups in total. The zero-order valence-electron chi connectivity index (χ0n) is 12.5. The summed E-state index contributed by atoms with van der Waals surface area (Å²) in [5, 5.41) is 0.983. The Labute approximate surface area is 121 Å². The van der Waals surface area contributed by atoms with Gasteiger partial charge < -0.3 is 0 Å². The van der Waals surface area contributed by atoms with Crippen LogP contribution >= 0.6 is 15.9 Å². The molecule has 0 radical (unpaired) electrons. The van der Waals surface area contributed by atoms with Crippen LogP contribution in [-0.2, 0) is 12.0 Å². The number of hydrogen-bond acceptors (Lipinski definition) is 1. The van der Waals surface area contributed by atoms with Gasteiger partial charge in [0.1, 0.15) is 0 Å². The Balaban J connectivity index is 2.76. The molecule has 1 nitrogen and oxygen atoms in total. The first-order chi connectivity index (χ1) is 8.16. The average molecular weight is 312 g/mol. The number of nitrogens with zero attached hydrogens (tertiary/aromatic N) is 1. The SMILES string of the molecule is CN(Cc1ccc(C(C)(C)C)cc1)C(C)(C)CBr. The van der Waals surface area contributed by atoms with Crippen LogP contribution in [0.15, 0.2) is 24.3 Å². The van der Waals surface area contributed by atoms with Gasteiger partial charge in [-0.3, -0.25) is 4.90 Å². The van der Waals surface area contributed by atoms with Crippen LogP contribution in [-0.4, -0.2) is 22.8 Å². The summed E-state index contributed by atoms with van der Waals surface area (Å²) in [4.78, 5) is 2.38. The van der Waals surface area contributed by atoms with Gasteiger partial charge in [0.2, 0.25) is 0 Å². The first kappa shape index (κ1) is 15.7. The van der Waals surface area contributed by atoms with Crippen LogP contribution in [0.3, 0.4) is 0 Å². The molecule has 0 amide bonds. The van der Waals surface area contributed by atoms with Crippen molar-refractivity contribution < 1.29 is 0 Å². The van der Waals surface area contributed by atoms with Crippen LogP contribution in [0.1, 0.15) is 45.7 Å². The van der Waals surface area contributed by atoms with Crippen molar-refractivity contribution in [3.63, 3.8) is 0 Å². The Kier molecular flexibility index (Phi) is 5.02. The quantitative estimate of drug-likeness (QED) is 0.735. The molecule has 2 heteroatoms. The Morgan fingerprint density at radius 2 is 1.50 bits per heavy atom. The van der Waals surface area contributed by atoms with Gasteiger partial charge in [-0.25, -0.2) is 0 Å². The molecule has 1 rings (SSSR count). The maximum atomic E-state index is 3.58. The zero-order valence-corrected chi connectivity index (χ0v) is 14.1. The normalized spacial score (nSPS) is 13.1. The molecule has 0 aliphatic carbocycles. The van der Waals surface area contributed by atoms with Gasteiger partial charge in [0, 0.05) is 17.4 Å². The van der Waals surface area contributed by atoms with Crippen molar-refractivity contribution in [2.75, 3.05) is 12.4 Å². The van der Waals surface area contributed by atoms with Crippen LogP contribution in [0, 0.1) is 0 Å². The lowest BCUT2D eigenvalue weighted by atomic mass is 9.86. The molecule has 0 spiro atoms. The molecule has 0 aromatic heterocycles. The summed E-state index contributed by atoms with van der Waals surface area (Å²) in [6, 6.07) is 9.01. The van der Waals surface area contributed by atoms with Gasteiger partial charge in [-0.1, -0.05) is 61.0 Å². The Morgan fingerprint density at radius 1 is 1.00 bits per heavy atom. The van der Waals surface area contributed by atoms with E-state index in [2.05, 4.69) is 86.8 Å². The van der Waals surface area contributed by atoms with Crippen LogP contribution in [0.4, 0.5) is 0 Å². The maximum Gasteiger partial charge on any atom is 0.0250 e. The summed E-state index contributed by atoms with van der Waals surface area (Å²) in [5.41, 5.74) is 3.19. The summed E-state index contributed by atoms with van der Waals surface area (Å²) < 4.78 is 0. The van der Waals surface area contributed by atoms with Crippen molar-refractivity contribution in [1.29, 1.82) is 0 Å². The maximum absolute atomic E-state index is 3.58. The molecule has 0 unspecified atom stereocenters. The first-order valence-electron chi connectivity index (χ1n) is 6.53. The van der Waals surface area contributed by atoms with Crippen molar-refractivity contribution >= 4 is 15.9 Å².